The van der Waals surface area contributed by atoms with Crippen LogP contribution >= 0.6 is 11.3 Å². The van der Waals surface area contributed by atoms with E-state index >= 15 is 0 Å². The Morgan fingerprint density at radius 1 is 0.500 bits per heavy atom. The molecule has 0 aliphatic rings. The van der Waals surface area contributed by atoms with Crippen molar-refractivity contribution in [3.05, 3.63) is 133 Å². The Labute approximate surface area is 245 Å². The van der Waals surface area contributed by atoms with Crippen LogP contribution in [-0.4, -0.2) is 9.97 Å². The Kier molecular flexibility index (Phi) is 5.07. The quantitative estimate of drug-likeness (QED) is 0.218. The van der Waals surface area contributed by atoms with Gasteiger partial charge < -0.3 is 4.42 Å². The number of fused-ring (bicyclic) bond motifs is 8. The van der Waals surface area contributed by atoms with Crippen LogP contribution in [0.1, 0.15) is 0 Å². The first-order valence-electron chi connectivity index (χ1n) is 14.0. The molecule has 0 saturated heterocycles. The molecule has 9 rings (SSSR count). The topological polar surface area (TPSA) is 38.9 Å². The normalized spacial score (nSPS) is 11.8. The summed E-state index contributed by atoms with van der Waals surface area (Å²) in [6, 6.07) is 46.5. The summed E-state index contributed by atoms with van der Waals surface area (Å²) >= 11 is 1.76. The third-order valence-electron chi connectivity index (χ3n) is 8.09. The molecule has 4 heteroatoms. The van der Waals surface area contributed by atoms with Crippen molar-refractivity contribution in [1.29, 1.82) is 0 Å². The average Bonchev–Trinajstić information content (AvgIpc) is 3.63. The second kappa shape index (κ2) is 9.10. The number of thiophene rings is 1. The van der Waals surface area contributed by atoms with Crippen molar-refractivity contribution in [2.45, 2.75) is 0 Å². The maximum atomic E-state index is 6.52. The second-order valence-electron chi connectivity index (χ2n) is 10.6. The van der Waals surface area contributed by atoms with Crippen molar-refractivity contribution in [1.82, 2.24) is 9.97 Å². The predicted octanol–water partition coefficient (Wildman–Crippen LogP) is 10.9. The molecule has 0 amide bonds. The fourth-order valence-electron chi connectivity index (χ4n) is 6.10. The van der Waals surface area contributed by atoms with E-state index in [9.17, 15) is 0 Å². The van der Waals surface area contributed by atoms with Crippen LogP contribution in [0.2, 0.25) is 0 Å². The van der Waals surface area contributed by atoms with E-state index in [0.717, 1.165) is 76.5 Å². The summed E-state index contributed by atoms with van der Waals surface area (Å²) in [5.41, 5.74) is 8.15. The molecule has 0 aliphatic heterocycles. The number of benzene rings is 6. The molecule has 0 N–H and O–H groups in total. The van der Waals surface area contributed by atoms with Gasteiger partial charge in [-0.25, -0.2) is 9.97 Å². The largest absolute Gasteiger partial charge is 0.455 e. The second-order valence-corrected chi connectivity index (χ2v) is 11.6. The molecule has 0 radical (unpaired) electrons. The Balaban J connectivity index is 1.38. The third-order valence-corrected chi connectivity index (χ3v) is 9.26. The van der Waals surface area contributed by atoms with Gasteiger partial charge in [0.25, 0.3) is 0 Å². The lowest BCUT2D eigenvalue weighted by Gasteiger charge is -2.10. The van der Waals surface area contributed by atoms with Crippen LogP contribution in [-0.2, 0) is 0 Å². The zero-order chi connectivity index (χ0) is 27.6. The molecule has 6 aromatic carbocycles. The highest BCUT2D eigenvalue weighted by Gasteiger charge is 2.20. The number of rotatable bonds is 3. The molecule has 9 aromatic rings. The minimum absolute atomic E-state index is 0.719. The van der Waals surface area contributed by atoms with Gasteiger partial charge in [-0.05, 0) is 40.8 Å². The van der Waals surface area contributed by atoms with Crippen molar-refractivity contribution >= 4 is 64.4 Å². The van der Waals surface area contributed by atoms with Gasteiger partial charge in [0.15, 0.2) is 5.82 Å². The molecule has 3 heterocycles. The lowest BCUT2D eigenvalue weighted by molar-refractivity contribution is 0.673. The number of hydrogen-bond acceptors (Lipinski definition) is 4. The molecule has 0 aliphatic carbocycles. The summed E-state index contributed by atoms with van der Waals surface area (Å²) < 4.78 is 8.84. The molecule has 0 unspecified atom stereocenters. The monoisotopic (exact) mass is 554 g/mol. The van der Waals surface area contributed by atoms with Crippen LogP contribution in [0, 0.1) is 0 Å². The summed E-state index contributed by atoms with van der Waals surface area (Å²) in [5.74, 6) is 0.719. The third kappa shape index (κ3) is 3.52. The molecule has 196 valence electrons. The number of nitrogens with zero attached hydrogens (tertiary/aromatic N) is 2. The van der Waals surface area contributed by atoms with Crippen molar-refractivity contribution < 1.29 is 4.42 Å². The van der Waals surface area contributed by atoms with E-state index in [-0.39, 0.29) is 0 Å². The summed E-state index contributed by atoms with van der Waals surface area (Å²) in [6.45, 7) is 0. The molecule has 0 saturated carbocycles. The van der Waals surface area contributed by atoms with Gasteiger partial charge in [-0.15, -0.1) is 11.3 Å². The lowest BCUT2D eigenvalue weighted by Crippen LogP contribution is -1.94. The number of hydrogen-bond donors (Lipinski definition) is 0. The Hall–Kier alpha value is -5.32. The van der Waals surface area contributed by atoms with Gasteiger partial charge in [0.2, 0.25) is 0 Å². The summed E-state index contributed by atoms with van der Waals surface area (Å²) in [4.78, 5) is 10.6. The average molecular weight is 555 g/mol. The summed E-state index contributed by atoms with van der Waals surface area (Å²) in [7, 11) is 0. The van der Waals surface area contributed by atoms with E-state index in [1.54, 1.807) is 11.3 Å². The van der Waals surface area contributed by atoms with E-state index in [2.05, 4.69) is 121 Å². The molecule has 0 atom stereocenters. The minimum atomic E-state index is 0.719. The van der Waals surface area contributed by atoms with Gasteiger partial charge in [-0.1, -0.05) is 109 Å². The van der Waals surface area contributed by atoms with Crippen molar-refractivity contribution in [2.75, 3.05) is 0 Å². The van der Waals surface area contributed by atoms with Gasteiger partial charge in [0.1, 0.15) is 11.2 Å². The van der Waals surface area contributed by atoms with Crippen LogP contribution in [0.15, 0.2) is 138 Å². The Morgan fingerprint density at radius 3 is 2.00 bits per heavy atom. The smallest absolute Gasteiger partial charge is 0.161 e. The molecule has 3 aromatic heterocycles. The fourth-order valence-corrected chi connectivity index (χ4v) is 7.25. The van der Waals surface area contributed by atoms with Crippen LogP contribution in [0.4, 0.5) is 0 Å². The Bertz CT molecular complexity index is 2460. The van der Waals surface area contributed by atoms with E-state index in [1.807, 2.05) is 12.1 Å². The summed E-state index contributed by atoms with van der Waals surface area (Å²) in [6.07, 6.45) is 0. The Morgan fingerprint density at radius 2 is 1.19 bits per heavy atom. The standard InChI is InChI=1S/C38H22N2OS/c1-3-11-23(12-4-1)25-19-20-32-29(21-25)30-22-31(26-15-7-8-16-27(26)36(30)41-32)38-39-34(24-13-5-2-6-14-24)37-35(40-38)28-17-9-10-18-33(28)42-37/h1-22H. The number of aromatic nitrogens is 2. The molecule has 42 heavy (non-hydrogen) atoms. The van der Waals surface area contributed by atoms with Crippen LogP contribution in [0.25, 0.3) is 86.8 Å². The molecule has 3 nitrogen and oxygen atoms in total. The van der Waals surface area contributed by atoms with Crippen molar-refractivity contribution in [3.63, 3.8) is 0 Å². The van der Waals surface area contributed by atoms with Gasteiger partial charge in [-0.2, -0.15) is 0 Å². The molecule has 0 fully saturated rings. The summed E-state index contributed by atoms with van der Waals surface area (Å²) in [5, 5.41) is 5.44. The van der Waals surface area contributed by atoms with Crippen molar-refractivity contribution in [2.24, 2.45) is 0 Å². The minimum Gasteiger partial charge on any atom is -0.455 e. The van der Waals surface area contributed by atoms with E-state index in [0.29, 0.717) is 0 Å². The van der Waals surface area contributed by atoms with Gasteiger partial charge in [0.05, 0.1) is 15.9 Å². The molecule has 0 spiro atoms. The lowest BCUT2D eigenvalue weighted by atomic mass is 9.98. The maximum absolute atomic E-state index is 6.52. The van der Waals surface area contributed by atoms with Crippen LogP contribution in [0.5, 0.6) is 0 Å². The maximum Gasteiger partial charge on any atom is 0.161 e. The molecule has 0 bridgehead atoms. The van der Waals surface area contributed by atoms with Crippen LogP contribution < -0.4 is 0 Å². The van der Waals surface area contributed by atoms with E-state index in [4.69, 9.17) is 14.4 Å². The SMILES string of the molecule is c1ccc(-c2ccc3oc4c5ccccc5c(-c5nc(-c6ccccc6)c6sc7ccccc7c6n5)cc4c3c2)cc1. The number of furan rings is 1. The van der Waals surface area contributed by atoms with E-state index < -0.39 is 0 Å². The highest BCUT2D eigenvalue weighted by Crippen LogP contribution is 2.43. The first kappa shape index (κ1) is 23.4. The zero-order valence-electron chi connectivity index (χ0n) is 22.4. The highest BCUT2D eigenvalue weighted by atomic mass is 32.1. The van der Waals surface area contributed by atoms with E-state index in [1.165, 1.54) is 10.3 Å². The highest BCUT2D eigenvalue weighted by molar-refractivity contribution is 7.26. The predicted molar refractivity (Wildman–Crippen MR) is 176 cm³/mol. The van der Waals surface area contributed by atoms with Gasteiger partial charge in [-0.3, -0.25) is 0 Å². The van der Waals surface area contributed by atoms with Crippen LogP contribution in [0.3, 0.4) is 0 Å². The fraction of sp³-hybridized carbons (Fsp3) is 0. The molecular weight excluding hydrogens is 532 g/mol. The van der Waals surface area contributed by atoms with Gasteiger partial charge in [0, 0.05) is 37.4 Å². The first-order chi connectivity index (χ1) is 20.8. The first-order valence-corrected chi connectivity index (χ1v) is 14.8. The zero-order valence-corrected chi connectivity index (χ0v) is 23.2. The molecular formula is C38H22N2OS. The van der Waals surface area contributed by atoms with Gasteiger partial charge >= 0.3 is 0 Å². The van der Waals surface area contributed by atoms with Crippen molar-refractivity contribution in [3.8, 4) is 33.8 Å².